The summed E-state index contributed by atoms with van der Waals surface area (Å²) in [5.41, 5.74) is 2.01. The Balaban J connectivity index is 2.85. The van der Waals surface area contributed by atoms with Crippen molar-refractivity contribution in [1.29, 1.82) is 0 Å². The van der Waals surface area contributed by atoms with Gasteiger partial charge in [-0.05, 0) is 24.1 Å². The normalized spacial score (nSPS) is 11.4. The van der Waals surface area contributed by atoms with Crippen LogP contribution in [0.4, 0.5) is 0 Å². The summed E-state index contributed by atoms with van der Waals surface area (Å²) in [6.45, 7) is 1.90. The zero-order chi connectivity index (χ0) is 9.68. The van der Waals surface area contributed by atoms with Crippen molar-refractivity contribution in [3.8, 4) is 0 Å². The lowest BCUT2D eigenvalue weighted by atomic mass is 10.1. The van der Waals surface area contributed by atoms with Crippen molar-refractivity contribution in [1.82, 2.24) is 0 Å². The fourth-order valence-corrected chi connectivity index (χ4v) is 1.14. The van der Waals surface area contributed by atoms with E-state index in [1.807, 2.05) is 37.3 Å². The maximum atomic E-state index is 11.0. The summed E-state index contributed by atoms with van der Waals surface area (Å²) in [5, 5.41) is 0. The first-order valence-corrected chi connectivity index (χ1v) is 4.60. The number of carbonyl (C=O) groups excluding carboxylic acids is 1. The molecule has 0 saturated heterocycles. The molecule has 0 aromatic heterocycles. The van der Waals surface area contributed by atoms with Gasteiger partial charge in [-0.25, -0.2) is 0 Å². The Bertz CT molecular complexity index is 314. The third kappa shape index (κ3) is 3.03. The summed E-state index contributed by atoms with van der Waals surface area (Å²) < 4.78 is 0. The van der Waals surface area contributed by atoms with Crippen LogP contribution in [0.15, 0.2) is 36.4 Å². The highest BCUT2D eigenvalue weighted by Gasteiger charge is 1.97. The molecule has 0 aliphatic rings. The van der Waals surface area contributed by atoms with Crippen molar-refractivity contribution in [3.63, 3.8) is 0 Å². The number of halogens is 1. The van der Waals surface area contributed by atoms with Crippen LogP contribution in [0.2, 0.25) is 0 Å². The molecule has 0 saturated carbocycles. The molecule has 0 aliphatic carbocycles. The third-order valence-electron chi connectivity index (χ3n) is 1.74. The van der Waals surface area contributed by atoms with Crippen LogP contribution in [0, 0.1) is 0 Å². The lowest BCUT2D eigenvalue weighted by Crippen LogP contribution is -1.94. The molecule has 0 bridgehead atoms. The highest BCUT2D eigenvalue weighted by molar-refractivity contribution is 6.30. The molecule has 2 heteroatoms. The topological polar surface area (TPSA) is 17.1 Å². The zero-order valence-corrected chi connectivity index (χ0v) is 8.21. The average Bonchev–Trinajstić information content (AvgIpc) is 2.19. The van der Waals surface area contributed by atoms with Gasteiger partial charge in [-0.1, -0.05) is 30.3 Å². The van der Waals surface area contributed by atoms with Crippen LogP contribution >= 0.6 is 11.6 Å². The van der Waals surface area contributed by atoms with Gasteiger partial charge in [-0.3, -0.25) is 4.79 Å². The van der Waals surface area contributed by atoms with Crippen molar-refractivity contribution in [2.45, 2.75) is 6.92 Å². The van der Waals surface area contributed by atoms with Gasteiger partial charge in [0.2, 0.25) is 0 Å². The van der Waals surface area contributed by atoms with Crippen LogP contribution in [-0.4, -0.2) is 11.7 Å². The summed E-state index contributed by atoms with van der Waals surface area (Å²) in [4.78, 5) is 11.0. The van der Waals surface area contributed by atoms with Crippen LogP contribution in [0.25, 0.3) is 5.57 Å². The lowest BCUT2D eigenvalue weighted by molar-refractivity contribution is -0.112. The maximum absolute atomic E-state index is 11.0. The van der Waals surface area contributed by atoms with Crippen molar-refractivity contribution in [2.75, 3.05) is 5.88 Å². The van der Waals surface area contributed by atoms with Crippen molar-refractivity contribution >= 4 is 23.0 Å². The van der Waals surface area contributed by atoms with Gasteiger partial charge in [-0.2, -0.15) is 0 Å². The van der Waals surface area contributed by atoms with E-state index in [0.717, 1.165) is 11.1 Å². The minimum absolute atomic E-state index is 0.0458. The second-order valence-corrected chi connectivity index (χ2v) is 3.06. The molecular formula is C11H11ClO. The molecule has 0 atom stereocenters. The van der Waals surface area contributed by atoms with E-state index in [0.29, 0.717) is 0 Å². The highest BCUT2D eigenvalue weighted by atomic mass is 35.5. The predicted molar refractivity (Wildman–Crippen MR) is 55.8 cm³/mol. The standard InChI is InChI=1S/C11H11ClO/c1-9(7-11(13)8-12)10-5-3-2-4-6-10/h2-7H,8H2,1H3. The van der Waals surface area contributed by atoms with Crippen LogP contribution in [-0.2, 0) is 4.79 Å². The van der Waals surface area contributed by atoms with Gasteiger partial charge in [0, 0.05) is 0 Å². The molecular weight excluding hydrogens is 184 g/mol. The molecule has 0 radical (unpaired) electrons. The molecule has 0 aliphatic heterocycles. The largest absolute Gasteiger partial charge is 0.293 e. The fourth-order valence-electron chi connectivity index (χ4n) is 1.06. The van der Waals surface area contributed by atoms with Crippen LogP contribution in [0.5, 0.6) is 0 Å². The van der Waals surface area contributed by atoms with Gasteiger partial charge in [-0.15, -0.1) is 11.6 Å². The molecule has 0 spiro atoms. The minimum atomic E-state index is -0.0528. The van der Waals surface area contributed by atoms with Gasteiger partial charge < -0.3 is 0 Å². The Hall–Kier alpha value is -1.08. The van der Waals surface area contributed by atoms with Gasteiger partial charge in [0.15, 0.2) is 5.78 Å². The molecule has 1 aromatic carbocycles. The van der Waals surface area contributed by atoms with Gasteiger partial charge in [0.25, 0.3) is 0 Å². The van der Waals surface area contributed by atoms with E-state index in [9.17, 15) is 4.79 Å². The molecule has 0 fully saturated rings. The number of benzene rings is 1. The summed E-state index contributed by atoms with van der Waals surface area (Å²) in [6.07, 6.45) is 1.57. The summed E-state index contributed by atoms with van der Waals surface area (Å²) in [7, 11) is 0. The molecule has 1 nitrogen and oxygen atoms in total. The summed E-state index contributed by atoms with van der Waals surface area (Å²) >= 11 is 5.39. The number of allylic oxidation sites excluding steroid dienone is 2. The first kappa shape index (κ1) is 10.0. The Kier molecular flexibility index (Phi) is 3.71. The van der Waals surface area contributed by atoms with Crippen LogP contribution in [0.1, 0.15) is 12.5 Å². The van der Waals surface area contributed by atoms with E-state index in [1.165, 1.54) is 0 Å². The van der Waals surface area contributed by atoms with Gasteiger partial charge in [0.05, 0.1) is 5.88 Å². The molecule has 0 heterocycles. The number of hydrogen-bond donors (Lipinski definition) is 0. The van der Waals surface area contributed by atoms with Crippen LogP contribution < -0.4 is 0 Å². The van der Waals surface area contributed by atoms with E-state index in [4.69, 9.17) is 11.6 Å². The number of carbonyl (C=O) groups is 1. The van der Waals surface area contributed by atoms with Gasteiger partial charge in [0.1, 0.15) is 0 Å². The van der Waals surface area contributed by atoms with E-state index >= 15 is 0 Å². The van der Waals surface area contributed by atoms with E-state index in [1.54, 1.807) is 6.08 Å². The smallest absolute Gasteiger partial charge is 0.170 e. The van der Waals surface area contributed by atoms with Crippen molar-refractivity contribution in [2.24, 2.45) is 0 Å². The average molecular weight is 195 g/mol. The SMILES string of the molecule is CC(=CC(=O)CCl)c1ccccc1. The first-order valence-electron chi connectivity index (χ1n) is 4.06. The second-order valence-electron chi connectivity index (χ2n) is 2.79. The van der Waals surface area contributed by atoms with Crippen molar-refractivity contribution < 1.29 is 4.79 Å². The summed E-state index contributed by atoms with van der Waals surface area (Å²) in [5.74, 6) is -0.00695. The number of alkyl halides is 1. The molecule has 13 heavy (non-hydrogen) atoms. The number of ketones is 1. The minimum Gasteiger partial charge on any atom is -0.293 e. The quantitative estimate of drug-likeness (QED) is 0.534. The molecule has 0 amide bonds. The Labute approximate surface area is 83.0 Å². The highest BCUT2D eigenvalue weighted by Crippen LogP contribution is 2.12. The van der Waals surface area contributed by atoms with Gasteiger partial charge >= 0.3 is 0 Å². The monoisotopic (exact) mass is 194 g/mol. The van der Waals surface area contributed by atoms with Crippen LogP contribution in [0.3, 0.4) is 0 Å². The van der Waals surface area contributed by atoms with E-state index < -0.39 is 0 Å². The second kappa shape index (κ2) is 4.83. The first-order chi connectivity index (χ1) is 6.24. The number of hydrogen-bond acceptors (Lipinski definition) is 1. The molecule has 0 N–H and O–H groups in total. The zero-order valence-electron chi connectivity index (χ0n) is 7.46. The predicted octanol–water partition coefficient (Wildman–Crippen LogP) is 2.90. The maximum Gasteiger partial charge on any atom is 0.170 e. The molecule has 0 unspecified atom stereocenters. The number of rotatable bonds is 3. The third-order valence-corrected chi connectivity index (χ3v) is 2.00. The molecule has 1 aromatic rings. The molecule has 68 valence electrons. The Morgan fingerprint density at radius 3 is 2.54 bits per heavy atom. The Morgan fingerprint density at radius 2 is 2.00 bits per heavy atom. The fraction of sp³-hybridized carbons (Fsp3) is 0.182. The summed E-state index contributed by atoms with van der Waals surface area (Å²) in [6, 6.07) is 9.76. The molecule has 1 rings (SSSR count). The Morgan fingerprint density at radius 1 is 1.38 bits per heavy atom. The van der Waals surface area contributed by atoms with E-state index in [-0.39, 0.29) is 11.7 Å². The van der Waals surface area contributed by atoms with Crippen molar-refractivity contribution in [3.05, 3.63) is 42.0 Å². The lowest BCUT2D eigenvalue weighted by Gasteiger charge is -1.98. The van der Waals surface area contributed by atoms with E-state index in [2.05, 4.69) is 0 Å².